The highest BCUT2D eigenvalue weighted by Gasteiger charge is 2.35. The van der Waals surface area contributed by atoms with Gasteiger partial charge in [-0.2, -0.15) is 9.57 Å². The van der Waals surface area contributed by atoms with Crippen molar-refractivity contribution in [1.82, 2.24) is 14.1 Å². The molecule has 2 aromatic carbocycles. The van der Waals surface area contributed by atoms with Gasteiger partial charge in [0.1, 0.15) is 12.4 Å². The molecule has 0 amide bonds. The lowest BCUT2D eigenvalue weighted by Crippen LogP contribution is -2.60. The molecule has 2 saturated heterocycles. The Hall–Kier alpha value is -2.75. The largest absolute Gasteiger partial charge is 0.493 e. The van der Waals surface area contributed by atoms with Gasteiger partial charge in [0.25, 0.3) is 0 Å². The Kier molecular flexibility index (Phi) is 7.65. The highest BCUT2D eigenvalue weighted by Crippen LogP contribution is 2.29. The van der Waals surface area contributed by atoms with Crippen molar-refractivity contribution < 1.29 is 27.0 Å². The number of benzene rings is 2. The average Bonchev–Trinajstić information content (AvgIpc) is 3.36. The molecule has 3 heterocycles. The topological polar surface area (TPSA) is 95.3 Å². The van der Waals surface area contributed by atoms with Crippen LogP contribution in [0.3, 0.4) is 0 Å². The van der Waals surface area contributed by atoms with E-state index in [1.165, 1.54) is 22.5 Å². The summed E-state index contributed by atoms with van der Waals surface area (Å²) in [4.78, 5) is 4.82. The Morgan fingerprint density at radius 1 is 1.11 bits per heavy atom. The van der Waals surface area contributed by atoms with Gasteiger partial charge in [-0.25, -0.2) is 12.8 Å². The smallest absolute Gasteiger partial charge is 0.242 e. The number of ether oxygens (including phenoxy) is 3. The van der Waals surface area contributed by atoms with E-state index in [0.29, 0.717) is 37.7 Å². The summed E-state index contributed by atoms with van der Waals surface area (Å²) in [6.45, 7) is 5.50. The number of nitrogens with zero attached hydrogens (tertiary/aromatic N) is 4. The van der Waals surface area contributed by atoms with Gasteiger partial charge < -0.3 is 14.2 Å². The van der Waals surface area contributed by atoms with Gasteiger partial charge in [0.2, 0.25) is 10.0 Å². The molecular formula is C26H31FN4O5S. The summed E-state index contributed by atoms with van der Waals surface area (Å²) in [5.41, 5.74) is 1.20. The van der Waals surface area contributed by atoms with Crippen molar-refractivity contribution >= 4 is 10.0 Å². The second-order valence-electron chi connectivity index (χ2n) is 9.70. The van der Waals surface area contributed by atoms with E-state index in [1.807, 2.05) is 6.07 Å². The first kappa shape index (κ1) is 25.9. The maximum Gasteiger partial charge on any atom is 0.242 e. The first-order valence-electron chi connectivity index (χ1n) is 12.5. The third-order valence-electron chi connectivity index (χ3n) is 7.06. The molecule has 9 nitrogen and oxygen atoms in total. The molecule has 2 fully saturated rings. The third-order valence-corrected chi connectivity index (χ3v) is 8.91. The van der Waals surface area contributed by atoms with E-state index in [1.54, 1.807) is 25.2 Å². The van der Waals surface area contributed by atoms with Crippen molar-refractivity contribution in [3.05, 3.63) is 53.3 Å². The van der Waals surface area contributed by atoms with Crippen LogP contribution in [0.25, 0.3) is 0 Å². The minimum absolute atomic E-state index is 0.0257. The lowest BCUT2D eigenvalue weighted by Gasteiger charge is -2.46. The van der Waals surface area contributed by atoms with E-state index in [-0.39, 0.29) is 23.5 Å². The van der Waals surface area contributed by atoms with Crippen molar-refractivity contribution in [2.75, 3.05) is 66.1 Å². The van der Waals surface area contributed by atoms with Crippen molar-refractivity contribution in [2.45, 2.75) is 23.5 Å². The van der Waals surface area contributed by atoms with Crippen LogP contribution in [0.2, 0.25) is 0 Å². The van der Waals surface area contributed by atoms with Crippen molar-refractivity contribution in [3.8, 4) is 17.6 Å². The number of hydrogen-bond acceptors (Lipinski definition) is 8. The van der Waals surface area contributed by atoms with Crippen LogP contribution in [0.1, 0.15) is 11.1 Å². The van der Waals surface area contributed by atoms with Gasteiger partial charge in [-0.15, -0.1) is 0 Å². The Labute approximate surface area is 217 Å². The fourth-order valence-corrected chi connectivity index (χ4v) is 6.32. The Morgan fingerprint density at radius 2 is 1.84 bits per heavy atom. The fourth-order valence-electron chi connectivity index (χ4n) is 5.10. The normalized spacial score (nSPS) is 21.9. The molecule has 0 spiro atoms. The average molecular weight is 531 g/mol. The van der Waals surface area contributed by atoms with Crippen LogP contribution in [0.4, 0.5) is 4.39 Å². The Balaban J connectivity index is 1.08. The second kappa shape index (κ2) is 10.9. The number of hydrogen-bond donors (Lipinski definition) is 0. The van der Waals surface area contributed by atoms with Crippen LogP contribution in [-0.2, 0) is 21.2 Å². The molecule has 2 unspecified atom stereocenters. The van der Waals surface area contributed by atoms with Crippen LogP contribution in [0.5, 0.6) is 11.5 Å². The summed E-state index contributed by atoms with van der Waals surface area (Å²) in [5, 5.41) is 8.86. The number of rotatable bonds is 9. The first-order valence-corrected chi connectivity index (χ1v) is 13.9. The molecule has 198 valence electrons. The molecule has 11 heteroatoms. The van der Waals surface area contributed by atoms with Gasteiger partial charge in [0, 0.05) is 59.3 Å². The van der Waals surface area contributed by atoms with Crippen molar-refractivity contribution in [2.24, 2.45) is 0 Å². The zero-order valence-corrected chi connectivity index (χ0v) is 21.6. The van der Waals surface area contributed by atoms with Crippen LogP contribution in [0.15, 0.2) is 41.3 Å². The number of fused-ring (bicyclic) bond motifs is 3. The van der Waals surface area contributed by atoms with Gasteiger partial charge >= 0.3 is 0 Å². The molecule has 0 saturated carbocycles. The number of halogens is 1. The van der Waals surface area contributed by atoms with Crippen molar-refractivity contribution in [1.29, 1.82) is 5.26 Å². The minimum atomic E-state index is -3.57. The predicted octanol–water partition coefficient (Wildman–Crippen LogP) is 1.72. The Morgan fingerprint density at radius 3 is 2.54 bits per heavy atom. The SMILES string of the molecule is CN(CCN1CC2CN(CCOc3ccc(C#N)cc3F)CC(C1)O2)S(=O)(=O)c1ccc2c(c1)CCO2. The zero-order valence-electron chi connectivity index (χ0n) is 20.8. The minimum Gasteiger partial charge on any atom is -0.493 e. The monoisotopic (exact) mass is 530 g/mol. The molecule has 3 aliphatic heterocycles. The standard InChI is InChI=1S/C26H31FN4O5S/c1-29(37(32,33)23-3-5-25-20(13-23)6-10-34-25)7-8-30-15-21-17-31(18-22(16-30)36-21)9-11-35-26-4-2-19(14-28)12-24(26)27/h2-5,12-13,21-22H,6-11,15-18H2,1H3. The highest BCUT2D eigenvalue weighted by molar-refractivity contribution is 7.89. The highest BCUT2D eigenvalue weighted by atomic mass is 32.2. The molecule has 3 aliphatic rings. The van der Waals surface area contributed by atoms with Gasteiger partial charge in [-0.05, 0) is 42.0 Å². The maximum atomic E-state index is 14.0. The number of nitriles is 1. The van der Waals surface area contributed by atoms with Gasteiger partial charge in [0.15, 0.2) is 11.6 Å². The molecule has 0 aromatic heterocycles. The second-order valence-corrected chi connectivity index (χ2v) is 11.7. The van der Waals surface area contributed by atoms with E-state index in [4.69, 9.17) is 19.5 Å². The fraction of sp³-hybridized carbons (Fsp3) is 0.500. The summed E-state index contributed by atoms with van der Waals surface area (Å²) in [6, 6.07) is 11.2. The lowest BCUT2D eigenvalue weighted by molar-refractivity contribution is -0.139. The molecule has 5 rings (SSSR count). The summed E-state index contributed by atoms with van der Waals surface area (Å²) in [5.74, 6) is 0.375. The molecule has 0 N–H and O–H groups in total. The molecule has 2 bridgehead atoms. The lowest BCUT2D eigenvalue weighted by atomic mass is 10.1. The summed E-state index contributed by atoms with van der Waals surface area (Å²) < 4.78 is 58.8. The van der Waals surface area contributed by atoms with E-state index in [9.17, 15) is 12.8 Å². The summed E-state index contributed by atoms with van der Waals surface area (Å²) >= 11 is 0. The van der Waals surface area contributed by atoms with E-state index >= 15 is 0 Å². The number of morpholine rings is 2. The molecule has 0 aliphatic carbocycles. The van der Waals surface area contributed by atoms with Crippen LogP contribution >= 0.6 is 0 Å². The van der Waals surface area contributed by atoms with E-state index in [2.05, 4.69) is 9.80 Å². The number of sulfonamides is 1. The molecule has 2 atom stereocenters. The molecule has 37 heavy (non-hydrogen) atoms. The quantitative estimate of drug-likeness (QED) is 0.484. The van der Waals surface area contributed by atoms with Crippen LogP contribution in [0, 0.1) is 17.1 Å². The molecule has 0 radical (unpaired) electrons. The van der Waals surface area contributed by atoms with E-state index in [0.717, 1.165) is 43.9 Å². The summed E-state index contributed by atoms with van der Waals surface area (Å²) in [6.07, 6.45) is 0.782. The third kappa shape index (κ3) is 5.89. The Bertz CT molecular complexity index is 1270. The van der Waals surface area contributed by atoms with Gasteiger partial charge in [0.05, 0.1) is 35.3 Å². The van der Waals surface area contributed by atoms with Crippen LogP contribution in [-0.4, -0.2) is 101 Å². The van der Waals surface area contributed by atoms with E-state index < -0.39 is 15.8 Å². The first-order chi connectivity index (χ1) is 17.8. The molecule has 2 aromatic rings. The summed E-state index contributed by atoms with van der Waals surface area (Å²) in [7, 11) is -1.95. The maximum absolute atomic E-state index is 14.0. The zero-order chi connectivity index (χ0) is 26.0. The number of likely N-dealkylation sites (N-methyl/N-ethyl adjacent to an activating group) is 1. The van der Waals surface area contributed by atoms with Gasteiger partial charge in [-0.3, -0.25) is 9.80 Å². The van der Waals surface area contributed by atoms with Crippen molar-refractivity contribution in [3.63, 3.8) is 0 Å². The predicted molar refractivity (Wildman–Crippen MR) is 134 cm³/mol. The molecular weight excluding hydrogens is 499 g/mol. The van der Waals surface area contributed by atoms with Crippen LogP contribution < -0.4 is 9.47 Å². The van der Waals surface area contributed by atoms with Gasteiger partial charge in [-0.1, -0.05) is 0 Å².